The van der Waals surface area contributed by atoms with E-state index >= 15 is 0 Å². The van der Waals surface area contributed by atoms with Crippen LogP contribution in [0.1, 0.15) is 62.4 Å². The van der Waals surface area contributed by atoms with Crippen molar-refractivity contribution >= 4 is 5.69 Å². The lowest BCUT2D eigenvalue weighted by Gasteiger charge is -2.20. The van der Waals surface area contributed by atoms with E-state index in [0.29, 0.717) is 5.56 Å². The molecular formula is C25H42N4O3. The summed E-state index contributed by atoms with van der Waals surface area (Å²) in [4.78, 5) is 2.47. The summed E-state index contributed by atoms with van der Waals surface area (Å²) < 4.78 is 4.25. The van der Waals surface area contributed by atoms with E-state index in [1.807, 2.05) is 32.9 Å². The topological polar surface area (TPSA) is 117 Å². The van der Waals surface area contributed by atoms with Gasteiger partial charge < -0.3 is 31.7 Å². The number of hydrogen-bond donors (Lipinski definition) is 5. The number of hydrogen-bond acceptors (Lipinski definition) is 7. The number of aromatic hydroxyl groups is 2. The van der Waals surface area contributed by atoms with Gasteiger partial charge in [-0.25, -0.2) is 0 Å². The van der Waals surface area contributed by atoms with Crippen LogP contribution in [0, 0.1) is 0 Å². The summed E-state index contributed by atoms with van der Waals surface area (Å²) >= 11 is 0. The van der Waals surface area contributed by atoms with Gasteiger partial charge in [0.25, 0.3) is 0 Å². The number of nitrogens with two attached hydrogens (primary N) is 2. The lowest BCUT2D eigenvalue weighted by atomic mass is 9.98. The van der Waals surface area contributed by atoms with Gasteiger partial charge in [-0.3, -0.25) is 4.90 Å². The van der Waals surface area contributed by atoms with Crippen LogP contribution in [0.3, 0.4) is 0 Å². The number of ether oxygens (including phenoxy) is 1. The fourth-order valence-electron chi connectivity index (χ4n) is 3.49. The van der Waals surface area contributed by atoms with Gasteiger partial charge in [-0.15, -0.1) is 0 Å². The van der Waals surface area contributed by atoms with Crippen LogP contribution >= 0.6 is 0 Å². The molecular weight excluding hydrogens is 404 g/mol. The van der Waals surface area contributed by atoms with Gasteiger partial charge in [-0.2, -0.15) is 0 Å². The van der Waals surface area contributed by atoms with Crippen molar-refractivity contribution in [2.24, 2.45) is 11.5 Å². The minimum absolute atomic E-state index is 0.00227. The monoisotopic (exact) mass is 446 g/mol. The highest BCUT2D eigenvalue weighted by Gasteiger charge is 2.17. The fraction of sp³-hybridized carbons (Fsp3) is 0.520. The normalized spacial score (nSPS) is 14.2. The minimum atomic E-state index is -0.558. The number of phenols is 2. The van der Waals surface area contributed by atoms with E-state index in [9.17, 15) is 10.2 Å². The molecule has 1 unspecified atom stereocenters. The zero-order valence-corrected chi connectivity index (χ0v) is 20.3. The van der Waals surface area contributed by atoms with Gasteiger partial charge in [0, 0.05) is 38.1 Å². The van der Waals surface area contributed by atoms with Crippen molar-refractivity contribution in [1.29, 1.82) is 0 Å². The van der Waals surface area contributed by atoms with Gasteiger partial charge in [0.15, 0.2) is 0 Å². The highest BCUT2D eigenvalue weighted by atomic mass is 16.4. The van der Waals surface area contributed by atoms with Gasteiger partial charge in [0.05, 0.1) is 0 Å². The summed E-state index contributed by atoms with van der Waals surface area (Å²) in [6.45, 7) is 10.00. The third kappa shape index (κ3) is 9.04. The molecule has 0 saturated carbocycles. The molecule has 7 N–H and O–H groups in total. The number of nitrogens with zero attached hydrogens (tertiary/aromatic N) is 1. The molecule has 0 bridgehead atoms. The number of nitrogens with one attached hydrogen (secondary N) is 1. The van der Waals surface area contributed by atoms with Crippen molar-refractivity contribution in [3.63, 3.8) is 0 Å². The molecule has 0 amide bonds. The average Bonchev–Trinajstić information content (AvgIpc) is 3.23. The number of benzene rings is 2. The Morgan fingerprint density at radius 1 is 1.00 bits per heavy atom. The van der Waals surface area contributed by atoms with Crippen LogP contribution in [-0.2, 0) is 11.3 Å². The molecule has 0 aromatic heterocycles. The molecule has 1 aliphatic heterocycles. The molecule has 1 fully saturated rings. The molecule has 1 aliphatic rings. The van der Waals surface area contributed by atoms with Crippen molar-refractivity contribution in [3.05, 3.63) is 53.1 Å². The molecule has 7 heteroatoms. The Balaban J connectivity index is 0.000000769. The first-order chi connectivity index (χ1) is 15.3. The SMILES string of the molecule is CC(C)c1cc(C(N)Nc2ccc(CN3CCCC3)cc2)c(O)cc1O.CCN.COC. The summed E-state index contributed by atoms with van der Waals surface area (Å²) in [5.74, 6) is 0.240. The van der Waals surface area contributed by atoms with Crippen molar-refractivity contribution in [3.8, 4) is 11.5 Å². The van der Waals surface area contributed by atoms with Gasteiger partial charge >= 0.3 is 0 Å². The van der Waals surface area contributed by atoms with Crippen molar-refractivity contribution < 1.29 is 14.9 Å². The Hall–Kier alpha value is -2.32. The van der Waals surface area contributed by atoms with Gasteiger partial charge in [-0.1, -0.05) is 32.9 Å². The number of rotatable bonds is 6. The summed E-state index contributed by atoms with van der Waals surface area (Å²) in [6, 6.07) is 11.4. The smallest absolute Gasteiger partial charge is 0.125 e. The van der Waals surface area contributed by atoms with Crippen LogP contribution < -0.4 is 16.8 Å². The zero-order chi connectivity index (χ0) is 24.1. The van der Waals surface area contributed by atoms with Gasteiger partial charge in [0.2, 0.25) is 0 Å². The first kappa shape index (κ1) is 27.7. The Labute approximate surface area is 193 Å². The van der Waals surface area contributed by atoms with Gasteiger partial charge in [-0.05, 0) is 67.7 Å². The molecule has 3 rings (SSSR count). The molecule has 1 atom stereocenters. The first-order valence-corrected chi connectivity index (χ1v) is 11.3. The van der Waals surface area contributed by atoms with Crippen LogP contribution in [0.2, 0.25) is 0 Å². The van der Waals surface area contributed by atoms with E-state index in [2.05, 4.69) is 27.1 Å². The second kappa shape index (κ2) is 14.7. The van der Waals surface area contributed by atoms with Crippen LogP contribution in [0.25, 0.3) is 0 Å². The van der Waals surface area contributed by atoms with Gasteiger partial charge in [0.1, 0.15) is 17.7 Å². The summed E-state index contributed by atoms with van der Waals surface area (Å²) in [6.07, 6.45) is 2.03. The van der Waals surface area contributed by atoms with Crippen LogP contribution in [-0.4, -0.2) is 49.0 Å². The molecule has 2 aromatic rings. The maximum absolute atomic E-state index is 10.2. The van der Waals surface area contributed by atoms with Crippen LogP contribution in [0.5, 0.6) is 11.5 Å². The van der Waals surface area contributed by atoms with Crippen LogP contribution in [0.15, 0.2) is 36.4 Å². The Kier molecular flexibility index (Phi) is 12.7. The largest absolute Gasteiger partial charge is 0.508 e. The predicted octanol–water partition coefficient (Wildman–Crippen LogP) is 4.11. The summed E-state index contributed by atoms with van der Waals surface area (Å²) in [5, 5.41) is 23.4. The van der Waals surface area contributed by atoms with E-state index in [4.69, 9.17) is 11.5 Å². The number of anilines is 1. The second-order valence-corrected chi connectivity index (χ2v) is 8.24. The second-order valence-electron chi connectivity index (χ2n) is 8.24. The molecule has 1 saturated heterocycles. The van der Waals surface area contributed by atoms with Crippen molar-refractivity contribution in [2.75, 3.05) is 39.2 Å². The highest BCUT2D eigenvalue weighted by molar-refractivity contribution is 5.52. The maximum atomic E-state index is 10.2. The Morgan fingerprint density at radius 2 is 1.50 bits per heavy atom. The fourth-order valence-corrected chi connectivity index (χ4v) is 3.49. The molecule has 32 heavy (non-hydrogen) atoms. The standard InChI is InChI=1S/C21H29N3O2.C2H7N.C2H6O/c1-14(2)17-11-18(20(26)12-19(17)25)21(22)23-16-7-5-15(6-8-16)13-24-9-3-4-10-24;1-2-3;1-3-2/h5-8,11-12,14,21,23,25-26H,3-4,9-10,13,22H2,1-2H3;2-3H2,1H3;1-2H3. The third-order valence-corrected chi connectivity index (χ3v) is 5.01. The van der Waals surface area contributed by atoms with Crippen LogP contribution in [0.4, 0.5) is 5.69 Å². The van der Waals surface area contributed by atoms with Crippen molar-refractivity contribution in [2.45, 2.75) is 52.2 Å². The van der Waals surface area contributed by atoms with E-state index in [1.54, 1.807) is 20.3 Å². The lowest BCUT2D eigenvalue weighted by molar-refractivity contribution is 0.277. The quantitative estimate of drug-likeness (QED) is 0.424. The average molecular weight is 447 g/mol. The molecule has 0 spiro atoms. The van der Waals surface area contributed by atoms with E-state index in [-0.39, 0.29) is 17.4 Å². The van der Waals surface area contributed by atoms with E-state index in [0.717, 1.165) is 24.3 Å². The number of likely N-dealkylation sites (tertiary alicyclic amines) is 1. The Bertz CT molecular complexity index is 774. The third-order valence-electron chi connectivity index (χ3n) is 5.01. The molecule has 1 heterocycles. The summed E-state index contributed by atoms with van der Waals surface area (Å²) in [7, 11) is 3.25. The molecule has 0 radical (unpaired) electrons. The van der Waals surface area contributed by atoms with E-state index < -0.39 is 6.17 Å². The predicted molar refractivity (Wildman–Crippen MR) is 133 cm³/mol. The first-order valence-electron chi connectivity index (χ1n) is 11.3. The minimum Gasteiger partial charge on any atom is -0.508 e. The number of methoxy groups -OCH3 is 1. The molecule has 0 aliphatic carbocycles. The van der Waals surface area contributed by atoms with E-state index in [1.165, 1.54) is 37.6 Å². The number of phenolic OH excluding ortho intramolecular Hbond substituents is 2. The molecule has 2 aromatic carbocycles. The molecule has 180 valence electrons. The lowest BCUT2D eigenvalue weighted by Crippen LogP contribution is -2.21. The molecule has 7 nitrogen and oxygen atoms in total. The highest BCUT2D eigenvalue weighted by Crippen LogP contribution is 2.34. The van der Waals surface area contributed by atoms with Crippen molar-refractivity contribution in [1.82, 2.24) is 4.90 Å². The Morgan fingerprint density at radius 3 is 2.00 bits per heavy atom. The zero-order valence-electron chi connectivity index (χ0n) is 20.3. The maximum Gasteiger partial charge on any atom is 0.125 e. The summed E-state index contributed by atoms with van der Waals surface area (Å²) in [5.41, 5.74) is 14.7.